The SMILES string of the molecule is CO[Si](CCC/C=C(\C)C(=O)O)(OC)OC.[SiH4]. The predicted octanol–water partition coefficient (Wildman–Crippen LogP) is 0.224. The quantitative estimate of drug-likeness (QED) is 0.391. The van der Waals surface area contributed by atoms with Crippen LogP contribution in [0.3, 0.4) is 0 Å². The van der Waals surface area contributed by atoms with Gasteiger partial charge >= 0.3 is 14.8 Å². The number of aliphatic carboxylic acids is 1. The van der Waals surface area contributed by atoms with Gasteiger partial charge in [-0.15, -0.1) is 0 Å². The molecule has 0 atom stereocenters. The molecule has 0 aromatic carbocycles. The summed E-state index contributed by atoms with van der Waals surface area (Å²) in [5.74, 6) is -0.881. The summed E-state index contributed by atoms with van der Waals surface area (Å²) in [4.78, 5) is 10.5. The van der Waals surface area contributed by atoms with Crippen molar-refractivity contribution in [3.8, 4) is 0 Å². The molecule has 0 bridgehead atoms. The minimum atomic E-state index is -2.49. The molecule has 0 aliphatic heterocycles. The molecule has 5 nitrogen and oxygen atoms in total. The number of carboxylic acids is 1. The lowest BCUT2D eigenvalue weighted by molar-refractivity contribution is -0.132. The van der Waals surface area contributed by atoms with Crippen LogP contribution < -0.4 is 0 Å². The Balaban J connectivity index is 0. The van der Waals surface area contributed by atoms with Crippen LogP contribution >= 0.6 is 0 Å². The summed E-state index contributed by atoms with van der Waals surface area (Å²) in [6.07, 6.45) is 3.16. The summed E-state index contributed by atoms with van der Waals surface area (Å²) in [5, 5.41) is 8.65. The van der Waals surface area contributed by atoms with E-state index in [0.29, 0.717) is 18.0 Å². The Bertz CT molecular complexity index is 243. The summed E-state index contributed by atoms with van der Waals surface area (Å²) >= 11 is 0. The van der Waals surface area contributed by atoms with Crippen molar-refractivity contribution in [2.24, 2.45) is 0 Å². The van der Waals surface area contributed by atoms with E-state index in [1.54, 1.807) is 34.3 Å². The molecule has 0 amide bonds. The van der Waals surface area contributed by atoms with E-state index in [2.05, 4.69) is 0 Å². The Kier molecular flexibility index (Phi) is 10.6. The Hall–Kier alpha value is -0.476. The fourth-order valence-corrected chi connectivity index (χ4v) is 3.03. The fraction of sp³-hybridized carbons (Fsp3) is 0.700. The van der Waals surface area contributed by atoms with Gasteiger partial charge < -0.3 is 18.4 Å². The normalized spacial score (nSPS) is 12.1. The van der Waals surface area contributed by atoms with Crippen LogP contribution in [0.15, 0.2) is 11.6 Å². The third kappa shape index (κ3) is 6.74. The van der Waals surface area contributed by atoms with E-state index in [4.69, 9.17) is 18.4 Å². The summed E-state index contributed by atoms with van der Waals surface area (Å²) in [5.41, 5.74) is 0.361. The van der Waals surface area contributed by atoms with Gasteiger partial charge in [-0.1, -0.05) is 6.08 Å². The molecule has 0 radical (unpaired) electrons. The molecule has 0 saturated carbocycles. The zero-order valence-corrected chi connectivity index (χ0v) is 11.3. The Morgan fingerprint density at radius 3 is 2.06 bits per heavy atom. The van der Waals surface area contributed by atoms with E-state index < -0.39 is 14.8 Å². The standard InChI is InChI=1S/C10H20O5Si.H4Si/c1-9(10(11)12)7-5-6-8-16(13-2,14-3)15-4;/h7H,5-6,8H2,1-4H3,(H,11,12);1H4/b9-7+;. The van der Waals surface area contributed by atoms with Crippen molar-refractivity contribution in [3.63, 3.8) is 0 Å². The van der Waals surface area contributed by atoms with Crippen LogP contribution in [0.5, 0.6) is 0 Å². The first kappa shape index (κ1) is 18.9. The summed E-state index contributed by atoms with van der Waals surface area (Å²) < 4.78 is 15.7. The van der Waals surface area contributed by atoms with Crippen LogP contribution in [0.1, 0.15) is 19.8 Å². The van der Waals surface area contributed by atoms with Crippen LogP contribution in [0.25, 0.3) is 0 Å². The lowest BCUT2D eigenvalue weighted by Crippen LogP contribution is -2.42. The van der Waals surface area contributed by atoms with Gasteiger partial charge in [0, 0.05) is 32.9 Å². The third-order valence-electron chi connectivity index (χ3n) is 2.41. The largest absolute Gasteiger partial charge is 0.500 e. The molecule has 0 rings (SSSR count). The van der Waals surface area contributed by atoms with Gasteiger partial charge in [0.15, 0.2) is 0 Å². The molecule has 0 aliphatic carbocycles. The zero-order chi connectivity index (χ0) is 12.6. The first-order valence-corrected chi connectivity index (χ1v) is 7.00. The van der Waals surface area contributed by atoms with Crippen molar-refractivity contribution in [1.82, 2.24) is 0 Å². The molecule has 7 heteroatoms. The van der Waals surface area contributed by atoms with Crippen molar-refractivity contribution in [1.29, 1.82) is 0 Å². The van der Waals surface area contributed by atoms with Crippen LogP contribution in [-0.4, -0.2) is 52.2 Å². The van der Waals surface area contributed by atoms with Gasteiger partial charge in [-0.2, -0.15) is 0 Å². The molecule has 0 spiro atoms. The molecule has 0 aliphatic rings. The average molecular weight is 280 g/mol. The molecule has 17 heavy (non-hydrogen) atoms. The third-order valence-corrected chi connectivity index (χ3v) is 5.24. The Morgan fingerprint density at radius 2 is 1.71 bits per heavy atom. The van der Waals surface area contributed by atoms with Gasteiger partial charge in [0.1, 0.15) is 0 Å². The highest BCUT2D eigenvalue weighted by Crippen LogP contribution is 2.16. The van der Waals surface area contributed by atoms with E-state index in [1.807, 2.05) is 0 Å². The Labute approximate surface area is 108 Å². The molecule has 0 heterocycles. The minimum absolute atomic E-state index is 0. The van der Waals surface area contributed by atoms with E-state index >= 15 is 0 Å². The topological polar surface area (TPSA) is 65.0 Å². The van der Waals surface area contributed by atoms with Crippen molar-refractivity contribution in [2.75, 3.05) is 21.3 Å². The maximum atomic E-state index is 10.5. The molecule has 0 unspecified atom stereocenters. The van der Waals surface area contributed by atoms with E-state index in [0.717, 1.165) is 6.42 Å². The van der Waals surface area contributed by atoms with Gasteiger partial charge in [-0.3, -0.25) is 0 Å². The van der Waals surface area contributed by atoms with Crippen LogP contribution in [0.4, 0.5) is 0 Å². The average Bonchev–Trinajstić information content (AvgIpc) is 2.30. The second-order valence-electron chi connectivity index (χ2n) is 3.38. The lowest BCUT2D eigenvalue weighted by Gasteiger charge is -2.23. The number of carbonyl (C=O) groups is 1. The van der Waals surface area contributed by atoms with Crippen LogP contribution in [0, 0.1) is 0 Å². The molecule has 0 aromatic heterocycles. The van der Waals surface area contributed by atoms with Crippen molar-refractivity contribution in [3.05, 3.63) is 11.6 Å². The smallest absolute Gasteiger partial charge is 0.478 e. The van der Waals surface area contributed by atoms with Crippen LogP contribution in [0.2, 0.25) is 6.04 Å². The molecular formula is C10H24O5Si2. The van der Waals surface area contributed by atoms with E-state index in [1.165, 1.54) is 0 Å². The second kappa shape index (κ2) is 9.54. The fourth-order valence-electron chi connectivity index (χ4n) is 1.28. The van der Waals surface area contributed by atoms with Gasteiger partial charge in [-0.25, -0.2) is 4.79 Å². The molecular weight excluding hydrogens is 256 g/mol. The highest BCUT2D eigenvalue weighted by atomic mass is 28.4. The Morgan fingerprint density at radius 1 is 1.24 bits per heavy atom. The van der Waals surface area contributed by atoms with E-state index in [9.17, 15) is 4.79 Å². The highest BCUT2D eigenvalue weighted by Gasteiger charge is 2.36. The monoisotopic (exact) mass is 280 g/mol. The minimum Gasteiger partial charge on any atom is -0.478 e. The number of rotatable bonds is 8. The number of carboxylic acid groups (broad SMARTS) is 1. The molecule has 102 valence electrons. The molecule has 0 aromatic rings. The van der Waals surface area contributed by atoms with Gasteiger partial charge in [0.2, 0.25) is 0 Å². The van der Waals surface area contributed by atoms with Gasteiger partial charge in [-0.05, 0) is 30.7 Å². The molecule has 0 fully saturated rings. The molecule has 0 saturated heterocycles. The maximum absolute atomic E-state index is 10.5. The summed E-state index contributed by atoms with van der Waals surface area (Å²) in [6, 6.07) is 0.680. The van der Waals surface area contributed by atoms with Gasteiger partial charge in [0.25, 0.3) is 0 Å². The predicted molar refractivity (Wildman–Crippen MR) is 73.5 cm³/mol. The number of allylic oxidation sites excluding steroid dienone is 1. The number of unbranched alkanes of at least 4 members (excludes halogenated alkanes) is 1. The first-order valence-electron chi connectivity index (χ1n) is 5.07. The summed E-state index contributed by atoms with van der Waals surface area (Å²) in [7, 11) is 2.21. The van der Waals surface area contributed by atoms with E-state index in [-0.39, 0.29) is 11.0 Å². The van der Waals surface area contributed by atoms with Crippen molar-refractivity contribution >= 4 is 25.7 Å². The highest BCUT2D eigenvalue weighted by molar-refractivity contribution is 6.60. The lowest BCUT2D eigenvalue weighted by atomic mass is 10.2. The number of hydrogen-bond donors (Lipinski definition) is 1. The van der Waals surface area contributed by atoms with Crippen molar-refractivity contribution < 1.29 is 23.2 Å². The molecule has 1 N–H and O–H groups in total. The van der Waals surface area contributed by atoms with Gasteiger partial charge in [0.05, 0.1) is 0 Å². The first-order chi connectivity index (χ1) is 7.51. The van der Waals surface area contributed by atoms with Crippen LogP contribution in [-0.2, 0) is 18.1 Å². The number of hydrogen-bond acceptors (Lipinski definition) is 4. The maximum Gasteiger partial charge on any atom is 0.500 e. The second-order valence-corrected chi connectivity index (χ2v) is 6.47. The van der Waals surface area contributed by atoms with Crippen molar-refractivity contribution in [2.45, 2.75) is 25.8 Å². The summed E-state index contributed by atoms with van der Waals surface area (Å²) in [6.45, 7) is 1.58. The zero-order valence-electron chi connectivity index (χ0n) is 10.3.